The zero-order valence-electron chi connectivity index (χ0n) is 10.3. The van der Waals surface area contributed by atoms with E-state index in [0.29, 0.717) is 5.82 Å². The Labute approximate surface area is 105 Å². The summed E-state index contributed by atoms with van der Waals surface area (Å²) in [4.78, 5) is 22.0. The Kier molecular flexibility index (Phi) is 4.70. The lowest BCUT2D eigenvalue weighted by Gasteiger charge is -2.26. The topological polar surface area (TPSA) is 100.0 Å². The average molecular weight is 294 g/mol. The molecule has 0 aliphatic carbocycles. The van der Waals surface area contributed by atoms with E-state index in [1.54, 1.807) is 26.0 Å². The maximum atomic E-state index is 11.8. The fourth-order valence-electron chi connectivity index (χ4n) is 1.22. The zero-order valence-corrected chi connectivity index (χ0v) is 12.1. The van der Waals surface area contributed by atoms with Crippen LogP contribution in [0.25, 0.3) is 0 Å². The Morgan fingerprint density at radius 1 is 1.44 bits per heavy atom. The SMILES string of the molecule is CCN(OP(C)(=O)P(=O)(O)O)c1ncccc1C. The normalized spacial score (nSPS) is 15.2. The first kappa shape index (κ1) is 15.3. The molecule has 1 rings (SSSR count). The minimum absolute atomic E-state index is 0.260. The van der Waals surface area contributed by atoms with Crippen LogP contribution in [-0.4, -0.2) is 28.0 Å². The van der Waals surface area contributed by atoms with Crippen molar-refractivity contribution in [3.05, 3.63) is 23.9 Å². The molecule has 18 heavy (non-hydrogen) atoms. The summed E-state index contributed by atoms with van der Waals surface area (Å²) >= 11 is 0. The first-order valence-corrected chi connectivity index (χ1v) is 9.60. The van der Waals surface area contributed by atoms with Crippen LogP contribution in [0.3, 0.4) is 0 Å². The van der Waals surface area contributed by atoms with E-state index in [2.05, 4.69) is 4.98 Å². The van der Waals surface area contributed by atoms with Gasteiger partial charge in [0.05, 0.1) is 0 Å². The van der Waals surface area contributed by atoms with Crippen LogP contribution in [0.4, 0.5) is 5.82 Å². The van der Waals surface area contributed by atoms with Gasteiger partial charge in [0.1, 0.15) is 0 Å². The molecule has 1 aromatic heterocycles. The third-order valence-corrected chi connectivity index (χ3v) is 6.73. The average Bonchev–Trinajstić information content (AvgIpc) is 2.25. The Morgan fingerprint density at radius 3 is 2.50 bits per heavy atom. The van der Waals surface area contributed by atoms with Crippen molar-refractivity contribution in [1.82, 2.24) is 4.98 Å². The van der Waals surface area contributed by atoms with Crippen molar-refractivity contribution in [2.45, 2.75) is 13.8 Å². The summed E-state index contributed by atoms with van der Waals surface area (Å²) in [5.74, 6) is 0.385. The number of nitrogens with zero attached hydrogens (tertiary/aromatic N) is 2. The van der Waals surface area contributed by atoms with Crippen molar-refractivity contribution in [2.24, 2.45) is 0 Å². The van der Waals surface area contributed by atoms with E-state index in [9.17, 15) is 9.13 Å². The molecule has 0 saturated heterocycles. The summed E-state index contributed by atoms with van der Waals surface area (Å²) in [5, 5.41) is 1.13. The number of pyridine rings is 1. The molecule has 7 nitrogen and oxygen atoms in total. The summed E-state index contributed by atoms with van der Waals surface area (Å²) in [6.07, 6.45) is 1.52. The van der Waals surface area contributed by atoms with Crippen molar-refractivity contribution < 1.29 is 23.5 Å². The lowest BCUT2D eigenvalue weighted by molar-refractivity contribution is 0.280. The molecule has 102 valence electrons. The molecule has 9 heteroatoms. The van der Waals surface area contributed by atoms with Gasteiger partial charge in [-0.1, -0.05) is 6.07 Å². The third kappa shape index (κ3) is 3.40. The van der Waals surface area contributed by atoms with Gasteiger partial charge in [-0.25, -0.2) is 19.2 Å². The molecule has 1 aromatic rings. The van der Waals surface area contributed by atoms with Crippen molar-refractivity contribution in [3.63, 3.8) is 0 Å². The van der Waals surface area contributed by atoms with Gasteiger partial charge < -0.3 is 9.79 Å². The lowest BCUT2D eigenvalue weighted by Crippen LogP contribution is -2.23. The number of hydrogen-bond donors (Lipinski definition) is 2. The largest absolute Gasteiger partial charge is 0.409 e. The van der Waals surface area contributed by atoms with Crippen LogP contribution in [0.1, 0.15) is 12.5 Å². The number of hydrogen-bond acceptors (Lipinski definition) is 5. The van der Waals surface area contributed by atoms with Gasteiger partial charge in [-0.05, 0) is 25.5 Å². The van der Waals surface area contributed by atoms with Gasteiger partial charge in [0, 0.05) is 19.4 Å². The van der Waals surface area contributed by atoms with Crippen LogP contribution >= 0.6 is 14.3 Å². The van der Waals surface area contributed by atoms with Crippen molar-refractivity contribution in [3.8, 4) is 0 Å². The second kappa shape index (κ2) is 5.51. The van der Waals surface area contributed by atoms with E-state index >= 15 is 0 Å². The molecule has 1 atom stereocenters. The van der Waals surface area contributed by atoms with Crippen LogP contribution in [0.15, 0.2) is 18.3 Å². The van der Waals surface area contributed by atoms with Gasteiger partial charge in [-0.2, -0.15) is 0 Å². The highest BCUT2D eigenvalue weighted by molar-refractivity contribution is 8.28. The molecular weight excluding hydrogens is 278 g/mol. The predicted molar refractivity (Wildman–Crippen MR) is 68.7 cm³/mol. The van der Waals surface area contributed by atoms with Crippen molar-refractivity contribution >= 4 is 20.2 Å². The minimum atomic E-state index is -4.81. The van der Waals surface area contributed by atoms with E-state index < -0.39 is 14.3 Å². The maximum Gasteiger partial charge on any atom is 0.409 e. The monoisotopic (exact) mass is 294 g/mol. The van der Waals surface area contributed by atoms with Gasteiger partial charge >= 0.3 is 14.3 Å². The number of hydroxylamine groups is 1. The van der Waals surface area contributed by atoms with E-state index in [1.807, 2.05) is 0 Å². The predicted octanol–water partition coefficient (Wildman–Crippen LogP) is 2.15. The number of aryl methyl sites for hydroxylation is 1. The maximum absolute atomic E-state index is 11.8. The highest BCUT2D eigenvalue weighted by Gasteiger charge is 2.40. The molecule has 1 heterocycles. The number of rotatable bonds is 5. The first-order valence-electron chi connectivity index (χ1n) is 5.21. The summed E-state index contributed by atoms with van der Waals surface area (Å²) < 4.78 is 27.9. The van der Waals surface area contributed by atoms with Crippen LogP contribution in [0, 0.1) is 6.92 Å². The fourth-order valence-corrected chi connectivity index (χ4v) is 2.42. The van der Waals surface area contributed by atoms with Gasteiger partial charge in [0.2, 0.25) is 0 Å². The van der Waals surface area contributed by atoms with Gasteiger partial charge in [-0.15, -0.1) is 0 Å². The van der Waals surface area contributed by atoms with Gasteiger partial charge in [0.15, 0.2) is 5.82 Å². The van der Waals surface area contributed by atoms with Crippen LogP contribution < -0.4 is 5.06 Å². The van der Waals surface area contributed by atoms with E-state index in [1.165, 1.54) is 6.20 Å². The molecular formula is C9H16N2O5P2. The molecule has 0 spiro atoms. The quantitative estimate of drug-likeness (QED) is 0.634. The molecule has 0 amide bonds. The second-order valence-corrected chi connectivity index (χ2v) is 10.3. The van der Waals surface area contributed by atoms with Crippen LogP contribution in [0.2, 0.25) is 0 Å². The lowest BCUT2D eigenvalue weighted by atomic mass is 10.3. The van der Waals surface area contributed by atoms with Crippen molar-refractivity contribution in [2.75, 3.05) is 18.3 Å². The number of aromatic nitrogens is 1. The Bertz CT molecular complexity index is 515. The van der Waals surface area contributed by atoms with Crippen LogP contribution in [0.5, 0.6) is 0 Å². The number of anilines is 1. The van der Waals surface area contributed by atoms with Gasteiger partial charge in [0.25, 0.3) is 0 Å². The summed E-state index contributed by atoms with van der Waals surface area (Å²) in [7, 11) is -8.89. The molecule has 0 bridgehead atoms. The Balaban J connectivity index is 3.05. The molecule has 0 saturated carbocycles. The van der Waals surface area contributed by atoms with Gasteiger partial charge in [-0.3, -0.25) is 4.57 Å². The Morgan fingerprint density at radius 2 is 2.06 bits per heavy atom. The molecule has 0 radical (unpaired) electrons. The van der Waals surface area contributed by atoms with Crippen molar-refractivity contribution in [1.29, 1.82) is 0 Å². The molecule has 0 aliphatic heterocycles. The summed E-state index contributed by atoms with van der Waals surface area (Å²) in [6, 6.07) is 3.49. The fraction of sp³-hybridized carbons (Fsp3) is 0.444. The minimum Gasteiger partial charge on any atom is -0.318 e. The highest BCUT2D eigenvalue weighted by atomic mass is 32.1. The van der Waals surface area contributed by atoms with E-state index in [4.69, 9.17) is 14.4 Å². The molecule has 2 N–H and O–H groups in total. The van der Waals surface area contributed by atoms with Crippen LogP contribution in [-0.2, 0) is 13.8 Å². The zero-order chi connectivity index (χ0) is 14.0. The molecule has 0 aromatic carbocycles. The second-order valence-electron chi connectivity index (χ2n) is 3.74. The molecule has 0 fully saturated rings. The summed E-state index contributed by atoms with van der Waals surface area (Å²) in [6.45, 7) is 4.64. The highest BCUT2D eigenvalue weighted by Crippen LogP contribution is 2.75. The molecule has 1 unspecified atom stereocenters. The van der Waals surface area contributed by atoms with E-state index in [-0.39, 0.29) is 6.54 Å². The van der Waals surface area contributed by atoms with E-state index in [0.717, 1.165) is 17.3 Å². The first-order chi connectivity index (χ1) is 8.19. The molecule has 0 aliphatic rings. The Hall–Kier alpha value is -0.710. The standard InChI is InChI=1S/C9H16N2O5P2/c1-4-11(9-8(2)6-5-7-10-9)16-17(3,12)18(13,14)15/h5-7H,4H2,1-3H3,(H2,13,14,15). The third-order valence-electron chi connectivity index (χ3n) is 2.23. The smallest absolute Gasteiger partial charge is 0.318 e. The summed E-state index contributed by atoms with van der Waals surface area (Å²) in [5.41, 5.74) is 0.755.